The summed E-state index contributed by atoms with van der Waals surface area (Å²) in [6.45, 7) is 2.64. The molecule has 0 bridgehead atoms. The molecule has 2 rings (SSSR count). The van der Waals surface area contributed by atoms with Gasteiger partial charge in [-0.05, 0) is 40.0 Å². The number of nitrogens with two attached hydrogens (primary N) is 1. The van der Waals surface area contributed by atoms with Crippen LogP contribution in [0, 0.1) is 5.82 Å². The van der Waals surface area contributed by atoms with Gasteiger partial charge in [-0.15, -0.1) is 0 Å². The number of aryl methyl sites for hydroxylation is 2. The molecule has 6 heteroatoms. The average Bonchev–Trinajstić information content (AvgIpc) is 2.70. The molecule has 4 nitrogen and oxygen atoms in total. The van der Waals surface area contributed by atoms with Crippen LogP contribution in [0.2, 0.25) is 0 Å². The third-order valence-electron chi connectivity index (χ3n) is 3.05. The van der Waals surface area contributed by atoms with Gasteiger partial charge >= 0.3 is 0 Å². The zero-order valence-electron chi connectivity index (χ0n) is 11.5. The van der Waals surface area contributed by atoms with E-state index in [0.29, 0.717) is 17.9 Å². The van der Waals surface area contributed by atoms with E-state index in [0.717, 1.165) is 22.3 Å². The van der Waals surface area contributed by atoms with Gasteiger partial charge in [0.05, 0.1) is 15.9 Å². The van der Waals surface area contributed by atoms with Crippen molar-refractivity contribution in [3.05, 3.63) is 45.4 Å². The van der Waals surface area contributed by atoms with Gasteiger partial charge in [0.2, 0.25) is 0 Å². The maximum Gasteiger partial charge on any atom is 0.131 e. The minimum absolute atomic E-state index is 0.281. The van der Waals surface area contributed by atoms with Crippen LogP contribution in [0.1, 0.15) is 23.9 Å². The van der Waals surface area contributed by atoms with E-state index < -0.39 is 0 Å². The third-order valence-corrected chi connectivity index (χ3v) is 3.96. The molecule has 1 aromatic carbocycles. The van der Waals surface area contributed by atoms with E-state index in [1.54, 1.807) is 10.7 Å². The number of ether oxygens (including phenoxy) is 1. The monoisotopic (exact) mass is 341 g/mol. The van der Waals surface area contributed by atoms with E-state index in [-0.39, 0.29) is 12.4 Å². The highest BCUT2D eigenvalue weighted by Gasteiger charge is 2.13. The summed E-state index contributed by atoms with van der Waals surface area (Å²) in [5.41, 5.74) is 8.12. The number of rotatable bonds is 5. The second-order valence-corrected chi connectivity index (χ2v) is 5.27. The minimum Gasteiger partial charge on any atom is -0.487 e. The van der Waals surface area contributed by atoms with Crippen molar-refractivity contribution in [1.29, 1.82) is 0 Å². The minimum atomic E-state index is -0.346. The SMILES string of the molecule is CCc1nn(C)c(COc2cc(F)cc(CN)c2)c1Br. The van der Waals surface area contributed by atoms with Crippen LogP contribution in [0.25, 0.3) is 0 Å². The summed E-state index contributed by atoms with van der Waals surface area (Å²) in [7, 11) is 1.86. The van der Waals surface area contributed by atoms with Crippen LogP contribution in [0.3, 0.4) is 0 Å². The van der Waals surface area contributed by atoms with Gasteiger partial charge in [0.25, 0.3) is 0 Å². The van der Waals surface area contributed by atoms with Crippen LogP contribution >= 0.6 is 15.9 Å². The molecule has 0 aliphatic rings. The predicted octanol–water partition coefficient (Wildman–Crippen LogP) is 2.92. The van der Waals surface area contributed by atoms with Gasteiger partial charge in [-0.1, -0.05) is 6.92 Å². The van der Waals surface area contributed by atoms with Crippen molar-refractivity contribution in [2.75, 3.05) is 0 Å². The Morgan fingerprint density at radius 1 is 1.40 bits per heavy atom. The summed E-state index contributed by atoms with van der Waals surface area (Å²) in [5.74, 6) is 0.123. The molecule has 20 heavy (non-hydrogen) atoms. The highest BCUT2D eigenvalue weighted by molar-refractivity contribution is 9.10. The summed E-state index contributed by atoms with van der Waals surface area (Å²) in [5, 5.41) is 4.39. The molecule has 0 spiro atoms. The first-order valence-corrected chi connectivity index (χ1v) is 7.17. The van der Waals surface area contributed by atoms with Crippen LogP contribution in [-0.4, -0.2) is 9.78 Å². The topological polar surface area (TPSA) is 53.1 Å². The summed E-state index contributed by atoms with van der Waals surface area (Å²) in [6.07, 6.45) is 0.839. The molecule has 0 radical (unpaired) electrons. The molecule has 0 aliphatic carbocycles. The first-order chi connectivity index (χ1) is 9.55. The van der Waals surface area contributed by atoms with E-state index in [4.69, 9.17) is 10.5 Å². The fraction of sp³-hybridized carbons (Fsp3) is 0.357. The lowest BCUT2D eigenvalue weighted by molar-refractivity contribution is 0.292. The second-order valence-electron chi connectivity index (χ2n) is 4.47. The maximum absolute atomic E-state index is 13.4. The summed E-state index contributed by atoms with van der Waals surface area (Å²) in [6, 6.07) is 4.50. The van der Waals surface area contributed by atoms with Crippen LogP contribution in [0.4, 0.5) is 4.39 Å². The lowest BCUT2D eigenvalue weighted by Crippen LogP contribution is -2.05. The predicted molar refractivity (Wildman–Crippen MR) is 78.9 cm³/mol. The molecule has 2 aromatic rings. The quantitative estimate of drug-likeness (QED) is 0.909. The Kier molecular flexibility index (Phi) is 4.77. The van der Waals surface area contributed by atoms with Crippen molar-refractivity contribution in [3.63, 3.8) is 0 Å². The van der Waals surface area contributed by atoms with Crippen molar-refractivity contribution in [3.8, 4) is 5.75 Å². The van der Waals surface area contributed by atoms with Crippen molar-refractivity contribution in [1.82, 2.24) is 9.78 Å². The first kappa shape index (κ1) is 15.0. The number of aromatic nitrogens is 2. The van der Waals surface area contributed by atoms with Gasteiger partial charge in [0, 0.05) is 19.7 Å². The lowest BCUT2D eigenvalue weighted by atomic mass is 10.2. The van der Waals surface area contributed by atoms with Crippen molar-refractivity contribution in [2.24, 2.45) is 12.8 Å². The van der Waals surface area contributed by atoms with Gasteiger partial charge < -0.3 is 10.5 Å². The van der Waals surface area contributed by atoms with Gasteiger partial charge in [-0.3, -0.25) is 4.68 Å². The number of hydrogen-bond acceptors (Lipinski definition) is 3. The smallest absolute Gasteiger partial charge is 0.131 e. The number of nitrogens with zero attached hydrogens (tertiary/aromatic N) is 2. The van der Waals surface area contributed by atoms with E-state index in [1.807, 2.05) is 14.0 Å². The molecule has 0 fully saturated rings. The van der Waals surface area contributed by atoms with Crippen LogP contribution in [0.5, 0.6) is 5.75 Å². The highest BCUT2D eigenvalue weighted by atomic mass is 79.9. The average molecular weight is 342 g/mol. The maximum atomic E-state index is 13.4. The summed E-state index contributed by atoms with van der Waals surface area (Å²) >= 11 is 3.52. The van der Waals surface area contributed by atoms with Crippen molar-refractivity contribution < 1.29 is 9.13 Å². The molecule has 0 amide bonds. The van der Waals surface area contributed by atoms with Gasteiger partial charge in [0.1, 0.15) is 18.2 Å². The van der Waals surface area contributed by atoms with Crippen molar-refractivity contribution in [2.45, 2.75) is 26.5 Å². The summed E-state index contributed by atoms with van der Waals surface area (Å²) < 4.78 is 21.8. The van der Waals surface area contributed by atoms with E-state index in [9.17, 15) is 4.39 Å². The van der Waals surface area contributed by atoms with Crippen LogP contribution in [0.15, 0.2) is 22.7 Å². The zero-order chi connectivity index (χ0) is 14.7. The normalized spacial score (nSPS) is 10.8. The molecule has 0 saturated carbocycles. The Labute approximate surface area is 125 Å². The molecule has 0 unspecified atom stereocenters. The van der Waals surface area contributed by atoms with E-state index >= 15 is 0 Å². The molecular weight excluding hydrogens is 325 g/mol. The highest BCUT2D eigenvalue weighted by Crippen LogP contribution is 2.24. The Hall–Kier alpha value is -1.40. The third kappa shape index (κ3) is 3.19. The molecule has 1 heterocycles. The second kappa shape index (κ2) is 6.37. The molecule has 0 saturated heterocycles. The molecule has 1 aromatic heterocycles. The van der Waals surface area contributed by atoms with Gasteiger partial charge in [-0.25, -0.2) is 4.39 Å². The summed E-state index contributed by atoms with van der Waals surface area (Å²) in [4.78, 5) is 0. The molecule has 108 valence electrons. The largest absolute Gasteiger partial charge is 0.487 e. The number of halogens is 2. The molecular formula is C14H17BrFN3O. The lowest BCUT2D eigenvalue weighted by Gasteiger charge is -2.09. The number of hydrogen-bond donors (Lipinski definition) is 1. The van der Waals surface area contributed by atoms with Crippen molar-refractivity contribution >= 4 is 15.9 Å². The van der Waals surface area contributed by atoms with Gasteiger partial charge in [0.15, 0.2) is 0 Å². The van der Waals surface area contributed by atoms with E-state index in [1.165, 1.54) is 12.1 Å². The number of benzene rings is 1. The standard InChI is InChI=1S/C14H17BrFN3O/c1-3-12-14(15)13(19(2)18-12)8-20-11-5-9(7-17)4-10(16)6-11/h4-6H,3,7-8,17H2,1-2H3. The fourth-order valence-electron chi connectivity index (χ4n) is 1.95. The molecule has 0 aliphatic heterocycles. The first-order valence-electron chi connectivity index (χ1n) is 6.37. The Balaban J connectivity index is 2.16. The Bertz CT molecular complexity index is 613. The molecule has 0 atom stereocenters. The zero-order valence-corrected chi connectivity index (χ0v) is 13.1. The Morgan fingerprint density at radius 3 is 2.75 bits per heavy atom. The van der Waals surface area contributed by atoms with E-state index in [2.05, 4.69) is 21.0 Å². The van der Waals surface area contributed by atoms with Gasteiger partial charge in [-0.2, -0.15) is 5.10 Å². The van der Waals surface area contributed by atoms with Crippen LogP contribution in [-0.2, 0) is 26.6 Å². The van der Waals surface area contributed by atoms with Crippen LogP contribution < -0.4 is 10.5 Å². The fourth-order valence-corrected chi connectivity index (χ4v) is 2.68. The Morgan fingerprint density at radius 2 is 2.15 bits per heavy atom. The molecule has 2 N–H and O–H groups in total.